The van der Waals surface area contributed by atoms with Crippen molar-refractivity contribution < 1.29 is 0 Å². The number of rotatable bonds is 0. The summed E-state index contributed by atoms with van der Waals surface area (Å²) in [6.45, 7) is 2.10. The summed E-state index contributed by atoms with van der Waals surface area (Å²) >= 11 is 6.08. The van der Waals surface area contributed by atoms with Crippen molar-refractivity contribution in [1.29, 1.82) is 0 Å². The highest BCUT2D eigenvalue weighted by Crippen LogP contribution is 2.29. The fourth-order valence-corrected chi connectivity index (χ4v) is 2.30. The molecule has 1 nitrogen and oxygen atoms in total. The second-order valence-electron chi connectivity index (χ2n) is 3.99. The maximum absolute atomic E-state index is 6.08. The molecular formula is C14H10ClN. The van der Waals surface area contributed by atoms with Crippen LogP contribution in [0.5, 0.6) is 0 Å². The molecule has 0 aliphatic rings. The van der Waals surface area contributed by atoms with Gasteiger partial charge in [0.1, 0.15) is 5.15 Å². The van der Waals surface area contributed by atoms with E-state index in [4.69, 9.17) is 11.6 Å². The van der Waals surface area contributed by atoms with Gasteiger partial charge in [0.05, 0.1) is 0 Å². The Kier molecular flexibility index (Phi) is 2.08. The first-order valence-corrected chi connectivity index (χ1v) is 5.57. The van der Waals surface area contributed by atoms with Gasteiger partial charge in [-0.3, -0.25) is 0 Å². The second-order valence-corrected chi connectivity index (χ2v) is 4.35. The lowest BCUT2D eigenvalue weighted by Gasteiger charge is -2.05. The highest BCUT2D eigenvalue weighted by Gasteiger charge is 2.03. The van der Waals surface area contributed by atoms with E-state index >= 15 is 0 Å². The summed E-state index contributed by atoms with van der Waals surface area (Å²) in [4.78, 5) is 4.10. The molecule has 16 heavy (non-hydrogen) atoms. The van der Waals surface area contributed by atoms with E-state index in [1.807, 2.05) is 12.1 Å². The molecule has 0 N–H and O–H groups in total. The van der Waals surface area contributed by atoms with Gasteiger partial charge >= 0.3 is 0 Å². The van der Waals surface area contributed by atoms with Crippen molar-refractivity contribution in [2.75, 3.05) is 0 Å². The van der Waals surface area contributed by atoms with Crippen molar-refractivity contribution in [2.45, 2.75) is 6.92 Å². The Hall–Kier alpha value is -1.60. The van der Waals surface area contributed by atoms with Gasteiger partial charge in [-0.2, -0.15) is 0 Å². The predicted molar refractivity (Wildman–Crippen MR) is 69.0 cm³/mol. The largest absolute Gasteiger partial charge is 0.244 e. The SMILES string of the molecule is Cc1ccc2c(ccc3c(Cl)nccc32)c1. The number of pyridine rings is 1. The fourth-order valence-electron chi connectivity index (χ4n) is 2.08. The molecule has 0 aliphatic heterocycles. The number of benzene rings is 2. The number of aromatic nitrogens is 1. The van der Waals surface area contributed by atoms with E-state index in [1.54, 1.807) is 6.20 Å². The van der Waals surface area contributed by atoms with E-state index in [-0.39, 0.29) is 0 Å². The number of nitrogens with zero attached hydrogens (tertiary/aromatic N) is 1. The van der Waals surface area contributed by atoms with E-state index in [2.05, 4.69) is 36.2 Å². The van der Waals surface area contributed by atoms with Crippen LogP contribution in [-0.2, 0) is 0 Å². The van der Waals surface area contributed by atoms with Crippen LogP contribution in [0.2, 0.25) is 5.15 Å². The van der Waals surface area contributed by atoms with Gasteiger partial charge in [0.15, 0.2) is 0 Å². The number of hydrogen-bond donors (Lipinski definition) is 0. The Bertz CT molecular complexity index is 689. The van der Waals surface area contributed by atoms with Crippen LogP contribution >= 0.6 is 11.6 Å². The molecule has 78 valence electrons. The molecule has 0 unspecified atom stereocenters. The van der Waals surface area contributed by atoms with Crippen molar-refractivity contribution in [3.8, 4) is 0 Å². The van der Waals surface area contributed by atoms with Crippen LogP contribution in [0.25, 0.3) is 21.5 Å². The lowest BCUT2D eigenvalue weighted by atomic mass is 10.0. The monoisotopic (exact) mass is 227 g/mol. The van der Waals surface area contributed by atoms with Crippen molar-refractivity contribution in [2.24, 2.45) is 0 Å². The molecule has 2 aromatic carbocycles. The molecule has 0 spiro atoms. The number of hydrogen-bond acceptors (Lipinski definition) is 1. The Morgan fingerprint density at radius 2 is 1.75 bits per heavy atom. The highest BCUT2D eigenvalue weighted by molar-refractivity contribution is 6.35. The van der Waals surface area contributed by atoms with Gasteiger partial charge < -0.3 is 0 Å². The molecule has 0 aliphatic carbocycles. The Morgan fingerprint density at radius 3 is 2.62 bits per heavy atom. The maximum Gasteiger partial charge on any atom is 0.136 e. The normalized spacial score (nSPS) is 11.1. The first kappa shape index (κ1) is 9.61. The maximum atomic E-state index is 6.08. The minimum absolute atomic E-state index is 0.569. The molecule has 2 heteroatoms. The van der Waals surface area contributed by atoms with Crippen molar-refractivity contribution >= 4 is 33.1 Å². The molecule has 0 amide bonds. The fraction of sp³-hybridized carbons (Fsp3) is 0.0714. The second kappa shape index (κ2) is 3.46. The molecule has 3 aromatic rings. The zero-order valence-electron chi connectivity index (χ0n) is 8.87. The number of fused-ring (bicyclic) bond motifs is 3. The summed E-state index contributed by atoms with van der Waals surface area (Å²) in [5, 5.41) is 5.22. The summed E-state index contributed by atoms with van der Waals surface area (Å²) in [7, 11) is 0. The molecule has 3 rings (SSSR count). The molecular weight excluding hydrogens is 218 g/mol. The Labute approximate surface area is 98.7 Å². The smallest absolute Gasteiger partial charge is 0.136 e. The molecule has 0 radical (unpaired) electrons. The molecule has 0 saturated carbocycles. The van der Waals surface area contributed by atoms with Gasteiger partial charge in [-0.05, 0) is 29.1 Å². The summed E-state index contributed by atoms with van der Waals surface area (Å²) in [5.74, 6) is 0. The highest BCUT2D eigenvalue weighted by atomic mass is 35.5. The summed E-state index contributed by atoms with van der Waals surface area (Å²) in [6, 6.07) is 12.6. The van der Waals surface area contributed by atoms with Gasteiger partial charge in [-0.1, -0.05) is 47.5 Å². The summed E-state index contributed by atoms with van der Waals surface area (Å²) in [5.41, 5.74) is 1.27. The van der Waals surface area contributed by atoms with Gasteiger partial charge in [-0.15, -0.1) is 0 Å². The van der Waals surface area contributed by atoms with Crippen LogP contribution in [0.1, 0.15) is 5.56 Å². The zero-order valence-corrected chi connectivity index (χ0v) is 9.62. The van der Waals surface area contributed by atoms with Gasteiger partial charge in [0.25, 0.3) is 0 Å². The van der Waals surface area contributed by atoms with Crippen LogP contribution in [0.15, 0.2) is 42.6 Å². The van der Waals surface area contributed by atoms with Crippen LogP contribution in [0.4, 0.5) is 0 Å². The lowest BCUT2D eigenvalue weighted by molar-refractivity contribution is 1.37. The van der Waals surface area contributed by atoms with Crippen LogP contribution in [0, 0.1) is 6.92 Å². The average Bonchev–Trinajstić information content (AvgIpc) is 2.28. The molecule has 1 heterocycles. The number of aryl methyl sites for hydroxylation is 1. The molecule has 0 fully saturated rings. The van der Waals surface area contributed by atoms with E-state index in [0.717, 1.165) is 10.8 Å². The van der Waals surface area contributed by atoms with Crippen molar-refractivity contribution in [1.82, 2.24) is 4.98 Å². The van der Waals surface area contributed by atoms with E-state index < -0.39 is 0 Å². The van der Waals surface area contributed by atoms with E-state index in [9.17, 15) is 0 Å². The van der Waals surface area contributed by atoms with Crippen molar-refractivity contribution in [3.63, 3.8) is 0 Å². The quantitative estimate of drug-likeness (QED) is 0.411. The predicted octanol–water partition coefficient (Wildman–Crippen LogP) is 4.35. The van der Waals surface area contributed by atoms with Gasteiger partial charge in [0.2, 0.25) is 0 Å². The molecule has 1 aromatic heterocycles. The summed E-state index contributed by atoms with van der Waals surface area (Å²) < 4.78 is 0. The lowest BCUT2D eigenvalue weighted by Crippen LogP contribution is -1.82. The van der Waals surface area contributed by atoms with Crippen LogP contribution in [0.3, 0.4) is 0 Å². The minimum Gasteiger partial charge on any atom is -0.244 e. The average molecular weight is 228 g/mol. The summed E-state index contributed by atoms with van der Waals surface area (Å²) in [6.07, 6.45) is 1.75. The molecule has 0 saturated heterocycles. The zero-order chi connectivity index (χ0) is 11.1. The molecule has 0 atom stereocenters. The standard InChI is InChI=1S/C14H10ClN/c1-9-2-4-11-10(8-9)3-5-13-12(11)6-7-16-14(13)15/h2-8H,1H3. The Balaban J connectivity index is 2.55. The van der Waals surface area contributed by atoms with E-state index in [0.29, 0.717) is 5.15 Å². The van der Waals surface area contributed by atoms with Crippen LogP contribution in [-0.4, -0.2) is 4.98 Å². The molecule has 0 bridgehead atoms. The van der Waals surface area contributed by atoms with Crippen molar-refractivity contribution in [3.05, 3.63) is 53.3 Å². The minimum atomic E-state index is 0.569. The first-order valence-electron chi connectivity index (χ1n) is 5.19. The Morgan fingerprint density at radius 1 is 0.938 bits per heavy atom. The van der Waals surface area contributed by atoms with Gasteiger partial charge in [-0.25, -0.2) is 4.98 Å². The third kappa shape index (κ3) is 1.36. The number of halogens is 1. The third-order valence-corrected chi connectivity index (χ3v) is 3.17. The first-order chi connectivity index (χ1) is 7.75. The van der Waals surface area contributed by atoms with Gasteiger partial charge in [0, 0.05) is 11.6 Å². The van der Waals surface area contributed by atoms with Crippen LogP contribution < -0.4 is 0 Å². The topological polar surface area (TPSA) is 12.9 Å². The third-order valence-electron chi connectivity index (χ3n) is 2.87. The van der Waals surface area contributed by atoms with E-state index in [1.165, 1.54) is 16.3 Å².